The summed E-state index contributed by atoms with van der Waals surface area (Å²) in [5.41, 5.74) is 18.3. The number of hydrogen-bond donors (Lipinski definition) is 4. The molecule has 10 aromatic carbocycles. The van der Waals surface area contributed by atoms with Gasteiger partial charge in [0.05, 0.1) is 34.1 Å². The van der Waals surface area contributed by atoms with E-state index in [2.05, 4.69) is 271 Å². The van der Waals surface area contributed by atoms with Crippen LogP contribution in [0.2, 0.25) is 0 Å². The van der Waals surface area contributed by atoms with Crippen LogP contribution in [0.3, 0.4) is 0 Å². The van der Waals surface area contributed by atoms with Crippen molar-refractivity contribution in [2.75, 3.05) is 26.2 Å². The molecule has 320 valence electrons. The van der Waals surface area contributed by atoms with E-state index in [0.717, 1.165) is 101 Å². The van der Waals surface area contributed by atoms with Crippen LogP contribution < -0.4 is 26.2 Å². The van der Waals surface area contributed by atoms with Crippen LogP contribution in [0.4, 0.5) is 62.6 Å². The Kier molecular flexibility index (Phi) is 11.7. The number of anilines is 11. The largest absolute Gasteiger partial charge is 0.354 e. The number of nitrogens with zero attached hydrogens (tertiary/aromatic N) is 1. The topological polar surface area (TPSA) is 51.4 Å². The highest BCUT2D eigenvalue weighted by molar-refractivity contribution is 6.16. The van der Waals surface area contributed by atoms with Gasteiger partial charge < -0.3 is 26.2 Å². The quantitative estimate of drug-likeness (QED) is 0.0931. The van der Waals surface area contributed by atoms with Crippen LogP contribution in [0, 0.1) is 20.8 Å². The van der Waals surface area contributed by atoms with Gasteiger partial charge in [-0.25, -0.2) is 0 Å². The highest BCUT2D eigenvalue weighted by Gasteiger charge is 2.32. The monoisotopic (exact) mass is 853 g/mol. The Morgan fingerprint density at radius 3 is 1.55 bits per heavy atom. The molecule has 0 fully saturated rings. The van der Waals surface area contributed by atoms with Gasteiger partial charge >= 0.3 is 0 Å². The molecule has 0 aliphatic heterocycles. The van der Waals surface area contributed by atoms with Gasteiger partial charge in [-0.15, -0.1) is 0 Å². The molecule has 5 heteroatoms. The second kappa shape index (κ2) is 18.7. The van der Waals surface area contributed by atoms with E-state index in [1.807, 2.05) is 6.07 Å². The van der Waals surface area contributed by atoms with Gasteiger partial charge in [0.1, 0.15) is 0 Å². The third-order valence-electron chi connectivity index (χ3n) is 12.4. The second-order valence-corrected chi connectivity index (χ2v) is 16.6. The molecule has 0 unspecified atom stereocenters. The molecule has 10 rings (SSSR count). The van der Waals surface area contributed by atoms with Crippen molar-refractivity contribution < 1.29 is 0 Å². The Morgan fingerprint density at radius 2 is 0.818 bits per heavy atom. The maximum absolute atomic E-state index is 4.17. The van der Waals surface area contributed by atoms with Gasteiger partial charge in [-0.3, -0.25) is 0 Å². The van der Waals surface area contributed by atoms with Gasteiger partial charge in [0.2, 0.25) is 0 Å². The van der Waals surface area contributed by atoms with E-state index in [1.165, 1.54) is 11.1 Å². The first-order valence-corrected chi connectivity index (χ1v) is 22.5. The summed E-state index contributed by atoms with van der Waals surface area (Å²) in [7, 11) is 0. The van der Waals surface area contributed by atoms with Crippen molar-refractivity contribution in [3.8, 4) is 22.3 Å². The molecule has 5 nitrogen and oxygen atoms in total. The minimum Gasteiger partial charge on any atom is -0.354 e. The first-order chi connectivity index (χ1) is 32.5. The standard InChI is InChI=1S/C61H51N5/c1-42-25-22-39-52(44(42)3)64-58-56(46-27-8-4-9-28-46)60(63-51-37-19-16-24-43(51)2)61(57(47-29-10-5-11-30-47)59(58)65-53-40-23-31-45-26-17-18-36-50(45)53)66(49-34-14-7-15-35-49)55-41-21-20-38-54(55)62-48-32-12-6-13-33-48/h4-41,62-65H,1-3H3. The summed E-state index contributed by atoms with van der Waals surface area (Å²) in [5, 5.41) is 18.5. The average Bonchev–Trinajstić information content (AvgIpc) is 3.36. The van der Waals surface area contributed by atoms with Gasteiger partial charge in [0.15, 0.2) is 0 Å². The molecular weight excluding hydrogens is 803 g/mol. The van der Waals surface area contributed by atoms with Gasteiger partial charge in [-0.1, -0.05) is 176 Å². The fourth-order valence-corrected chi connectivity index (χ4v) is 8.87. The van der Waals surface area contributed by atoms with Gasteiger partial charge in [0.25, 0.3) is 0 Å². The molecule has 0 amide bonds. The Balaban J connectivity index is 1.42. The van der Waals surface area contributed by atoms with Crippen molar-refractivity contribution in [3.05, 3.63) is 247 Å². The maximum Gasteiger partial charge on any atom is 0.0805 e. The summed E-state index contributed by atoms with van der Waals surface area (Å²) in [5.74, 6) is 0. The molecule has 66 heavy (non-hydrogen) atoms. The minimum absolute atomic E-state index is 0.928. The molecule has 0 heterocycles. The Bertz CT molecular complexity index is 3270. The van der Waals surface area contributed by atoms with Gasteiger partial charge in [0, 0.05) is 45.0 Å². The van der Waals surface area contributed by atoms with Crippen molar-refractivity contribution >= 4 is 73.3 Å². The summed E-state index contributed by atoms with van der Waals surface area (Å²) in [6.07, 6.45) is 0. The SMILES string of the molecule is Cc1ccccc1Nc1c(-c2ccccc2)c(Nc2cccc(C)c2C)c(Nc2cccc3ccccc23)c(-c2ccccc2)c1N(c1ccccc1)c1ccccc1Nc1ccccc1. The molecule has 0 aliphatic carbocycles. The normalized spacial score (nSPS) is 11.0. The number of hydrogen-bond acceptors (Lipinski definition) is 5. The molecule has 0 aliphatic rings. The summed E-state index contributed by atoms with van der Waals surface area (Å²) < 4.78 is 0. The molecule has 0 saturated carbocycles. The first-order valence-electron chi connectivity index (χ1n) is 22.5. The summed E-state index contributed by atoms with van der Waals surface area (Å²) >= 11 is 0. The molecule has 10 aromatic rings. The van der Waals surface area contributed by atoms with Crippen molar-refractivity contribution in [1.29, 1.82) is 0 Å². The van der Waals surface area contributed by atoms with Gasteiger partial charge in [-0.2, -0.15) is 0 Å². The predicted molar refractivity (Wildman–Crippen MR) is 283 cm³/mol. The summed E-state index contributed by atoms with van der Waals surface area (Å²) in [4.78, 5) is 2.43. The second-order valence-electron chi connectivity index (χ2n) is 16.6. The number of fused-ring (bicyclic) bond motifs is 1. The number of aryl methyl sites for hydroxylation is 2. The van der Waals surface area contributed by atoms with Gasteiger partial charge in [-0.05, 0) is 109 Å². The van der Waals surface area contributed by atoms with Crippen molar-refractivity contribution in [2.24, 2.45) is 0 Å². The zero-order valence-electron chi connectivity index (χ0n) is 37.4. The van der Waals surface area contributed by atoms with E-state index < -0.39 is 0 Å². The Labute approximate surface area is 388 Å². The van der Waals surface area contributed by atoms with Crippen LogP contribution in [0.25, 0.3) is 33.0 Å². The minimum atomic E-state index is 0.928. The van der Waals surface area contributed by atoms with Crippen LogP contribution in [0.1, 0.15) is 16.7 Å². The number of rotatable bonds is 13. The fourth-order valence-electron chi connectivity index (χ4n) is 8.87. The molecule has 4 N–H and O–H groups in total. The van der Waals surface area contributed by atoms with E-state index >= 15 is 0 Å². The number of nitrogens with one attached hydrogen (secondary N) is 4. The lowest BCUT2D eigenvalue weighted by Crippen LogP contribution is -2.17. The van der Waals surface area contributed by atoms with Crippen molar-refractivity contribution in [1.82, 2.24) is 0 Å². The fraction of sp³-hybridized carbons (Fsp3) is 0.0492. The van der Waals surface area contributed by atoms with Crippen LogP contribution >= 0.6 is 0 Å². The molecule has 0 atom stereocenters. The van der Waals surface area contributed by atoms with Crippen molar-refractivity contribution in [2.45, 2.75) is 20.8 Å². The van der Waals surface area contributed by atoms with Crippen LogP contribution in [0.5, 0.6) is 0 Å². The molecule has 0 radical (unpaired) electrons. The van der Waals surface area contributed by atoms with E-state index in [9.17, 15) is 0 Å². The molecule has 0 saturated heterocycles. The molecular formula is C61H51N5. The van der Waals surface area contributed by atoms with Crippen LogP contribution in [-0.2, 0) is 0 Å². The smallest absolute Gasteiger partial charge is 0.0805 e. The van der Waals surface area contributed by atoms with Crippen molar-refractivity contribution in [3.63, 3.8) is 0 Å². The highest BCUT2D eigenvalue weighted by atomic mass is 15.2. The Morgan fingerprint density at radius 1 is 0.333 bits per heavy atom. The zero-order valence-corrected chi connectivity index (χ0v) is 37.4. The number of para-hydroxylation sites is 5. The lowest BCUT2D eigenvalue weighted by molar-refractivity contribution is 1.27. The third kappa shape index (κ3) is 8.34. The molecule has 0 aromatic heterocycles. The lowest BCUT2D eigenvalue weighted by Gasteiger charge is -2.36. The molecule has 0 bridgehead atoms. The molecule has 0 spiro atoms. The van der Waals surface area contributed by atoms with E-state index in [0.29, 0.717) is 0 Å². The third-order valence-corrected chi connectivity index (χ3v) is 12.4. The lowest BCUT2D eigenvalue weighted by atomic mass is 9.89. The van der Waals surface area contributed by atoms with Crippen LogP contribution in [0.15, 0.2) is 231 Å². The summed E-state index contributed by atoms with van der Waals surface area (Å²) in [6, 6.07) is 81.5. The summed E-state index contributed by atoms with van der Waals surface area (Å²) in [6.45, 7) is 6.54. The van der Waals surface area contributed by atoms with E-state index in [1.54, 1.807) is 0 Å². The highest BCUT2D eigenvalue weighted by Crippen LogP contribution is 2.59. The predicted octanol–water partition coefficient (Wildman–Crippen LogP) is 17.5. The first kappa shape index (κ1) is 41.5. The van der Waals surface area contributed by atoms with E-state index in [4.69, 9.17) is 0 Å². The van der Waals surface area contributed by atoms with Crippen LogP contribution in [-0.4, -0.2) is 0 Å². The zero-order chi connectivity index (χ0) is 44.8. The maximum atomic E-state index is 4.17. The van der Waals surface area contributed by atoms with E-state index in [-0.39, 0.29) is 0 Å². The average molecular weight is 854 g/mol. The Hall–Kier alpha value is -8.54. The number of benzene rings is 10.